The predicted octanol–water partition coefficient (Wildman–Crippen LogP) is 2.47. The molecule has 0 aromatic heterocycles. The van der Waals surface area contributed by atoms with E-state index < -0.39 is 0 Å². The van der Waals surface area contributed by atoms with Gasteiger partial charge in [-0.1, -0.05) is 24.3 Å². The Hall–Kier alpha value is -0.820. The zero-order valence-electron chi connectivity index (χ0n) is 6.86. The van der Waals surface area contributed by atoms with Gasteiger partial charge < -0.3 is 0 Å². The molecule has 1 aliphatic heterocycles. The third-order valence-electron chi connectivity index (χ3n) is 2.02. The maximum Gasteiger partial charge on any atom is 0.0392 e. The fourth-order valence-corrected chi connectivity index (χ4v) is 1.41. The molecule has 0 bridgehead atoms. The summed E-state index contributed by atoms with van der Waals surface area (Å²) in [4.78, 5) is 4.29. The van der Waals surface area contributed by atoms with Crippen LogP contribution in [0, 0.1) is 0 Å². The first-order chi connectivity index (χ1) is 5.47. The Labute approximate surface area is 78.9 Å². The van der Waals surface area contributed by atoms with E-state index in [4.69, 9.17) is 0 Å². The summed E-state index contributed by atoms with van der Waals surface area (Å²) in [7, 11) is 0. The topological polar surface area (TPSA) is 12.4 Å². The molecule has 0 aliphatic carbocycles. The van der Waals surface area contributed by atoms with E-state index in [2.05, 4.69) is 29.3 Å². The standard InChI is InChI=1S/C10H11N.ClH/c1-2-5-10-8-11-7-3-6-9(10)4-1;/h1-2,4-5,8H,3,6-7H2;1H. The highest BCUT2D eigenvalue weighted by Gasteiger charge is 2.01. The fraction of sp³-hybridized carbons (Fsp3) is 0.300. The van der Waals surface area contributed by atoms with E-state index in [9.17, 15) is 0 Å². The van der Waals surface area contributed by atoms with Crippen LogP contribution >= 0.6 is 12.4 Å². The molecule has 0 radical (unpaired) electrons. The Morgan fingerprint density at radius 3 is 2.92 bits per heavy atom. The van der Waals surface area contributed by atoms with Gasteiger partial charge in [-0.3, -0.25) is 4.99 Å². The predicted molar refractivity (Wildman–Crippen MR) is 54.5 cm³/mol. The van der Waals surface area contributed by atoms with E-state index in [0.29, 0.717) is 0 Å². The minimum Gasteiger partial charge on any atom is -0.293 e. The van der Waals surface area contributed by atoms with Crippen molar-refractivity contribution in [2.24, 2.45) is 4.99 Å². The molecule has 0 saturated carbocycles. The Morgan fingerprint density at radius 2 is 2.00 bits per heavy atom. The molecule has 1 aromatic carbocycles. The van der Waals surface area contributed by atoms with Crippen LogP contribution in [-0.2, 0) is 6.42 Å². The van der Waals surface area contributed by atoms with Gasteiger partial charge >= 0.3 is 0 Å². The number of hydrogen-bond donors (Lipinski definition) is 0. The summed E-state index contributed by atoms with van der Waals surface area (Å²) in [6.07, 6.45) is 4.35. The van der Waals surface area contributed by atoms with Crippen molar-refractivity contribution in [1.29, 1.82) is 0 Å². The van der Waals surface area contributed by atoms with E-state index in [-0.39, 0.29) is 12.4 Å². The lowest BCUT2D eigenvalue weighted by Crippen LogP contribution is -1.88. The van der Waals surface area contributed by atoms with E-state index in [1.165, 1.54) is 24.0 Å². The van der Waals surface area contributed by atoms with E-state index >= 15 is 0 Å². The largest absolute Gasteiger partial charge is 0.293 e. The Kier molecular flexibility index (Phi) is 3.30. The third-order valence-corrected chi connectivity index (χ3v) is 2.02. The van der Waals surface area contributed by atoms with Crippen LogP contribution < -0.4 is 0 Å². The van der Waals surface area contributed by atoms with Crippen LogP contribution in [0.4, 0.5) is 0 Å². The number of hydrogen-bond acceptors (Lipinski definition) is 1. The molecule has 64 valence electrons. The number of nitrogens with zero attached hydrogens (tertiary/aromatic N) is 1. The number of aryl methyl sites for hydroxylation is 1. The monoisotopic (exact) mass is 181 g/mol. The highest BCUT2D eigenvalue weighted by Crippen LogP contribution is 2.11. The molecule has 0 atom stereocenters. The van der Waals surface area contributed by atoms with Gasteiger partial charge in [0.2, 0.25) is 0 Å². The van der Waals surface area contributed by atoms with E-state index in [0.717, 1.165) is 6.54 Å². The maximum absolute atomic E-state index is 4.29. The molecule has 1 aliphatic rings. The van der Waals surface area contributed by atoms with Crippen LogP contribution in [0.1, 0.15) is 17.5 Å². The molecule has 0 fully saturated rings. The molecule has 2 heteroatoms. The fourth-order valence-electron chi connectivity index (χ4n) is 1.41. The number of benzene rings is 1. The minimum atomic E-state index is 0. The quantitative estimate of drug-likeness (QED) is 0.583. The van der Waals surface area contributed by atoms with Crippen molar-refractivity contribution in [2.75, 3.05) is 6.54 Å². The van der Waals surface area contributed by atoms with Crippen LogP contribution in [-0.4, -0.2) is 12.8 Å². The number of rotatable bonds is 0. The lowest BCUT2D eigenvalue weighted by molar-refractivity contribution is 0.846. The van der Waals surface area contributed by atoms with Gasteiger partial charge in [0.25, 0.3) is 0 Å². The third kappa shape index (κ3) is 1.86. The molecule has 0 amide bonds. The second-order valence-corrected chi connectivity index (χ2v) is 2.84. The highest BCUT2D eigenvalue weighted by molar-refractivity contribution is 5.85. The highest BCUT2D eigenvalue weighted by atomic mass is 35.5. The second kappa shape index (κ2) is 4.27. The number of fused-ring (bicyclic) bond motifs is 1. The molecule has 2 rings (SSSR count). The zero-order chi connectivity index (χ0) is 7.52. The Balaban J connectivity index is 0.000000720. The second-order valence-electron chi connectivity index (χ2n) is 2.84. The summed E-state index contributed by atoms with van der Waals surface area (Å²) in [5, 5.41) is 0. The average molecular weight is 182 g/mol. The molecule has 0 saturated heterocycles. The Morgan fingerprint density at radius 1 is 1.17 bits per heavy atom. The molecule has 1 aromatic rings. The smallest absolute Gasteiger partial charge is 0.0392 e. The summed E-state index contributed by atoms with van der Waals surface area (Å²) in [6.45, 7) is 0.981. The van der Waals surface area contributed by atoms with Crippen LogP contribution in [0.15, 0.2) is 29.3 Å². The first kappa shape index (κ1) is 9.27. The SMILES string of the molecule is C1=NCCCc2ccccc21.Cl. The van der Waals surface area contributed by atoms with Crippen LogP contribution in [0.3, 0.4) is 0 Å². The lowest BCUT2D eigenvalue weighted by atomic mass is 10.1. The summed E-state index contributed by atoms with van der Waals surface area (Å²) >= 11 is 0. The zero-order valence-corrected chi connectivity index (χ0v) is 7.68. The number of halogens is 1. The Bertz CT molecular complexity index is 281. The molecular formula is C10H12ClN. The van der Waals surface area contributed by atoms with Crippen LogP contribution in [0.5, 0.6) is 0 Å². The normalized spacial score (nSPS) is 14.3. The van der Waals surface area contributed by atoms with Crippen LogP contribution in [0.2, 0.25) is 0 Å². The first-order valence-electron chi connectivity index (χ1n) is 4.04. The van der Waals surface area contributed by atoms with E-state index in [1.54, 1.807) is 0 Å². The minimum absolute atomic E-state index is 0. The summed E-state index contributed by atoms with van der Waals surface area (Å²) < 4.78 is 0. The van der Waals surface area contributed by atoms with Crippen molar-refractivity contribution in [2.45, 2.75) is 12.8 Å². The van der Waals surface area contributed by atoms with Crippen molar-refractivity contribution in [1.82, 2.24) is 0 Å². The molecule has 0 unspecified atom stereocenters. The van der Waals surface area contributed by atoms with Crippen molar-refractivity contribution in [3.63, 3.8) is 0 Å². The number of aliphatic imine (C=N–C) groups is 1. The van der Waals surface area contributed by atoms with Crippen molar-refractivity contribution >= 4 is 18.6 Å². The van der Waals surface area contributed by atoms with Gasteiger partial charge in [-0.2, -0.15) is 0 Å². The summed E-state index contributed by atoms with van der Waals surface area (Å²) in [6, 6.07) is 8.48. The molecule has 12 heavy (non-hydrogen) atoms. The first-order valence-corrected chi connectivity index (χ1v) is 4.04. The summed E-state index contributed by atoms with van der Waals surface area (Å²) in [5.41, 5.74) is 2.73. The van der Waals surface area contributed by atoms with Gasteiger partial charge in [0.05, 0.1) is 0 Å². The van der Waals surface area contributed by atoms with Gasteiger partial charge in [0.1, 0.15) is 0 Å². The van der Waals surface area contributed by atoms with Gasteiger partial charge in [0, 0.05) is 12.8 Å². The van der Waals surface area contributed by atoms with Gasteiger partial charge in [-0.25, -0.2) is 0 Å². The van der Waals surface area contributed by atoms with Crippen molar-refractivity contribution in [3.05, 3.63) is 35.4 Å². The summed E-state index contributed by atoms with van der Waals surface area (Å²) in [5.74, 6) is 0. The lowest BCUT2D eigenvalue weighted by Gasteiger charge is -1.99. The average Bonchev–Trinajstić information content (AvgIpc) is 2.28. The molecule has 0 spiro atoms. The van der Waals surface area contributed by atoms with Gasteiger partial charge in [0.15, 0.2) is 0 Å². The van der Waals surface area contributed by atoms with Crippen molar-refractivity contribution in [3.8, 4) is 0 Å². The molecule has 1 nitrogen and oxygen atoms in total. The van der Waals surface area contributed by atoms with Gasteiger partial charge in [-0.05, 0) is 24.0 Å². The maximum atomic E-state index is 4.29. The molecule has 1 heterocycles. The van der Waals surface area contributed by atoms with Crippen molar-refractivity contribution < 1.29 is 0 Å². The van der Waals surface area contributed by atoms with E-state index in [1.807, 2.05) is 6.21 Å². The molecule has 0 N–H and O–H groups in total. The van der Waals surface area contributed by atoms with Crippen LogP contribution in [0.25, 0.3) is 0 Å². The molecular weight excluding hydrogens is 170 g/mol. The van der Waals surface area contributed by atoms with Gasteiger partial charge in [-0.15, -0.1) is 12.4 Å².